The number of aromatic amines is 2. The highest BCUT2D eigenvalue weighted by atomic mass is 16.6. The molecule has 2 bridgehead atoms. The molecular weight excluding hydrogens is 1060 g/mol. The minimum atomic E-state index is -0.932. The van der Waals surface area contributed by atoms with E-state index < -0.39 is 56.4 Å². The number of unbranched alkanes of at least 4 members (excludes halogenated alkanes) is 2. The van der Waals surface area contributed by atoms with Crippen molar-refractivity contribution in [3.8, 4) is 0 Å². The van der Waals surface area contributed by atoms with Crippen molar-refractivity contribution in [3.63, 3.8) is 0 Å². The Labute approximate surface area is 506 Å². The number of aryl methyl sites for hydroxylation is 1. The van der Waals surface area contributed by atoms with Crippen LogP contribution in [-0.2, 0) is 44.1 Å². The molecule has 0 unspecified atom stereocenters. The van der Waals surface area contributed by atoms with Crippen LogP contribution < -0.4 is 5.32 Å². The quantitative estimate of drug-likeness (QED) is 0.0603. The molecule has 6 heterocycles. The molecule has 460 valence electrons. The summed E-state index contributed by atoms with van der Waals surface area (Å²) in [5, 5.41) is 43.7. The monoisotopic (exact) mass is 1160 g/mol. The summed E-state index contributed by atoms with van der Waals surface area (Å²) < 4.78 is 14.6. The second kappa shape index (κ2) is 20.1. The summed E-state index contributed by atoms with van der Waals surface area (Å²) in [6, 6.07) is 9.62. The summed E-state index contributed by atoms with van der Waals surface area (Å²) >= 11 is 0. The number of ketones is 2. The van der Waals surface area contributed by atoms with E-state index in [1.54, 1.807) is 0 Å². The van der Waals surface area contributed by atoms with Gasteiger partial charge in [0, 0.05) is 97.6 Å². The summed E-state index contributed by atoms with van der Waals surface area (Å²) in [6.07, 6.45) is 27.1. The number of carbonyl (C=O) groups excluding carboxylic acids is 2. The number of Topliss-reactive ketones (excluding diaryl/α,β-unsaturated/α-hetero) is 2. The number of aromatic nitrogens is 3. The maximum atomic E-state index is 16.9. The molecule has 8 fully saturated rings. The van der Waals surface area contributed by atoms with Crippen LogP contribution in [0.1, 0.15) is 247 Å². The van der Waals surface area contributed by atoms with Crippen molar-refractivity contribution in [2.45, 2.75) is 262 Å². The highest BCUT2D eigenvalue weighted by molar-refractivity contribution is 6.04. The molecule has 3 aliphatic heterocycles. The third-order valence-corrected chi connectivity index (χ3v) is 28.0. The van der Waals surface area contributed by atoms with Crippen molar-refractivity contribution in [3.05, 3.63) is 93.1 Å². The van der Waals surface area contributed by atoms with Gasteiger partial charge in [0.1, 0.15) is 11.9 Å². The number of H-pyrrole nitrogens is 2. The number of epoxide rings is 1. The van der Waals surface area contributed by atoms with E-state index in [1.807, 2.05) is 0 Å². The van der Waals surface area contributed by atoms with Gasteiger partial charge in [0.05, 0.1) is 40.4 Å². The van der Waals surface area contributed by atoms with Crippen LogP contribution in [0.3, 0.4) is 0 Å². The zero-order chi connectivity index (χ0) is 59.0. The Bertz CT molecular complexity index is 3330. The summed E-state index contributed by atoms with van der Waals surface area (Å²) in [5.41, 5.74) is 8.44. The van der Waals surface area contributed by atoms with Crippen molar-refractivity contribution >= 4 is 22.6 Å². The molecule has 11 heteroatoms. The fraction of sp³-hybridized carbons (Fsp3) is 0.730. The lowest BCUT2D eigenvalue weighted by Crippen LogP contribution is -2.75. The second-order valence-electron chi connectivity index (χ2n) is 32.2. The van der Waals surface area contributed by atoms with Gasteiger partial charge >= 0.3 is 0 Å². The third-order valence-electron chi connectivity index (χ3n) is 28.0. The maximum absolute atomic E-state index is 16.9. The minimum absolute atomic E-state index is 0.0904. The Morgan fingerprint density at radius 2 is 1.66 bits per heavy atom. The van der Waals surface area contributed by atoms with Gasteiger partial charge in [0.2, 0.25) is 0 Å². The zero-order valence-corrected chi connectivity index (χ0v) is 52.9. The van der Waals surface area contributed by atoms with Gasteiger partial charge in [-0.15, -0.1) is 0 Å². The molecule has 85 heavy (non-hydrogen) atoms. The van der Waals surface area contributed by atoms with E-state index in [0.29, 0.717) is 69.5 Å². The number of benzene rings is 1. The molecule has 3 aromatic heterocycles. The van der Waals surface area contributed by atoms with Crippen LogP contribution in [0.2, 0.25) is 0 Å². The van der Waals surface area contributed by atoms with Crippen LogP contribution in [0.15, 0.2) is 54.0 Å². The number of ether oxygens (including phenoxy) is 2. The number of allylic oxidation sites excluding steroid dienone is 1. The topological polar surface area (TPSA) is 165 Å². The largest absolute Gasteiger partial charge is 0.392 e. The van der Waals surface area contributed by atoms with Gasteiger partial charge in [-0.1, -0.05) is 97.8 Å². The SMILES string of the molecule is CCCCC[C@H]1C(=O)C2=C3[C@@H](Cn4cc(Cc5cc(C6CCCCC6)cc(C6(O)CCOCC6)c5)c5[nH]cc(c54)CC[C@@]2(C)C[C@@H](O)[C@H]2OC2(C)C)[C@@H](O)[C@@H]2[C@@]4(C)[C@@H](CC[C@]2(C)[C@]31C)[C@@]1(CCC[C@H](NC)C1)C(=O)[C@H]1c2cc[nH]c2[C@@H]2CC[C@@]14C2. The Balaban J connectivity index is 0.937. The Kier molecular flexibility index (Phi) is 13.6. The molecule has 6 saturated carbocycles. The molecule has 8 aliphatic carbocycles. The lowest BCUT2D eigenvalue weighted by Gasteiger charge is -2.77. The Hall–Kier alpha value is -3.84. The van der Waals surface area contributed by atoms with Gasteiger partial charge in [0.15, 0.2) is 5.78 Å². The van der Waals surface area contributed by atoms with Gasteiger partial charge in [-0.3, -0.25) is 9.59 Å². The van der Waals surface area contributed by atoms with Crippen LogP contribution in [0.5, 0.6) is 0 Å². The standard InChI is InChI=1S/C74H102N4O7/c1-9-10-12-19-53-63(81)58-56-52(62(80)64-69(5,70(53,56)6)26-22-55-71(64,7)73-27-21-45(37-73)59-51(23-30-76-59)57(73)65(82)72(55)24-15-18-50(38-72)75-8)42-78-41-48(60-61(78)46(40-77-60)20-25-68(58,4)39-54(79)66-67(2,3)85-66)34-43-33-47(44-16-13-11-14-17-44)36-49(35-43)74(83)28-31-84-32-29-74/h23,30,33,35-36,40-41,44-45,50,52-55,57,62,64,66,75-77,79-80,83H,9-22,24-29,31-32,34,37-39,42H2,1-8H3/t45-,50+,52-,53+,54-,55-,57-,62-,64+,66-,68+,69+,70+,71-,72+,73-/m1/s1. The number of hydrogen-bond acceptors (Lipinski definition) is 8. The number of fused-ring (bicyclic) bond motifs is 9. The van der Waals surface area contributed by atoms with Gasteiger partial charge in [0.25, 0.3) is 0 Å². The second-order valence-corrected chi connectivity index (χ2v) is 32.2. The molecule has 4 aromatic rings. The first kappa shape index (κ1) is 57.6. The van der Waals surface area contributed by atoms with Crippen molar-refractivity contribution in [1.82, 2.24) is 19.9 Å². The molecule has 0 radical (unpaired) electrons. The summed E-state index contributed by atoms with van der Waals surface area (Å²) in [4.78, 5) is 41.1. The van der Waals surface area contributed by atoms with Crippen molar-refractivity contribution in [2.24, 2.45) is 56.2 Å². The van der Waals surface area contributed by atoms with E-state index >= 15 is 14.7 Å². The van der Waals surface area contributed by atoms with Crippen LogP contribution in [0.4, 0.5) is 0 Å². The van der Waals surface area contributed by atoms with E-state index in [1.165, 1.54) is 76.7 Å². The van der Waals surface area contributed by atoms with Crippen molar-refractivity contribution < 1.29 is 34.4 Å². The number of carbonyl (C=O) groups is 2. The molecule has 16 atom stereocenters. The fourth-order valence-corrected chi connectivity index (χ4v) is 23.9. The predicted octanol–water partition coefficient (Wildman–Crippen LogP) is 13.7. The van der Waals surface area contributed by atoms with Crippen molar-refractivity contribution in [1.29, 1.82) is 0 Å². The Morgan fingerprint density at radius 3 is 2.41 bits per heavy atom. The molecule has 15 rings (SSSR count). The summed E-state index contributed by atoms with van der Waals surface area (Å²) in [5.74, 6) is 0.543. The van der Waals surface area contributed by atoms with Crippen LogP contribution in [-0.4, -0.2) is 91.6 Å². The van der Waals surface area contributed by atoms with Gasteiger partial charge in [-0.2, -0.15) is 0 Å². The van der Waals surface area contributed by atoms with Crippen molar-refractivity contribution in [2.75, 3.05) is 20.3 Å². The highest BCUT2D eigenvalue weighted by Crippen LogP contribution is 2.85. The van der Waals surface area contributed by atoms with Crippen LogP contribution >= 0.6 is 0 Å². The number of nitrogens with zero attached hydrogens (tertiary/aromatic N) is 1. The van der Waals surface area contributed by atoms with Crippen LogP contribution in [0.25, 0.3) is 11.0 Å². The lowest BCUT2D eigenvalue weighted by molar-refractivity contribution is -0.275. The zero-order valence-electron chi connectivity index (χ0n) is 52.9. The molecule has 2 spiro atoms. The van der Waals surface area contributed by atoms with E-state index in [2.05, 4.69) is 118 Å². The molecular formula is C74H102N4O7. The van der Waals surface area contributed by atoms with Gasteiger partial charge in [-0.25, -0.2) is 0 Å². The summed E-state index contributed by atoms with van der Waals surface area (Å²) in [6.45, 7) is 18.1. The first-order valence-corrected chi connectivity index (χ1v) is 34.5. The average molecular weight is 1160 g/mol. The molecule has 2 saturated heterocycles. The van der Waals surface area contributed by atoms with Crippen LogP contribution in [0, 0.1) is 56.2 Å². The lowest BCUT2D eigenvalue weighted by atomic mass is 9.26. The minimum Gasteiger partial charge on any atom is -0.392 e. The average Bonchev–Trinajstić information content (AvgIpc) is 1.68. The first-order chi connectivity index (χ1) is 40.7. The number of aliphatic hydroxyl groups excluding tert-OH is 2. The third kappa shape index (κ3) is 8.02. The molecule has 0 amide bonds. The molecule has 6 N–H and O–H groups in total. The highest BCUT2D eigenvalue weighted by Gasteiger charge is 2.82. The number of nitrogens with one attached hydrogen (secondary N) is 3. The van der Waals surface area contributed by atoms with Gasteiger partial charge < -0.3 is 44.6 Å². The number of rotatable bonds is 12. The number of aliphatic hydroxyl groups is 3. The van der Waals surface area contributed by atoms with Gasteiger partial charge in [-0.05, 0) is 201 Å². The Morgan fingerprint density at radius 1 is 0.871 bits per heavy atom. The predicted molar refractivity (Wildman–Crippen MR) is 332 cm³/mol. The first-order valence-electron chi connectivity index (χ1n) is 34.5. The fourth-order valence-electron chi connectivity index (χ4n) is 23.9. The van der Waals surface area contributed by atoms with E-state index in [4.69, 9.17) is 9.47 Å². The van der Waals surface area contributed by atoms with E-state index in [-0.39, 0.29) is 47.0 Å². The van der Waals surface area contributed by atoms with E-state index in [9.17, 15) is 10.2 Å². The summed E-state index contributed by atoms with van der Waals surface area (Å²) in [7, 11) is 2.10. The molecule has 11 nitrogen and oxygen atoms in total. The number of hydrogen-bond donors (Lipinski definition) is 6. The van der Waals surface area contributed by atoms with E-state index in [0.717, 1.165) is 107 Å². The normalized spacial score (nSPS) is 41.1. The maximum Gasteiger partial charge on any atom is 0.163 e. The molecule has 11 aliphatic rings. The smallest absolute Gasteiger partial charge is 0.163 e. The molecule has 1 aromatic carbocycles.